The molecule has 48 heavy (non-hydrogen) atoms. The van der Waals surface area contributed by atoms with Crippen LogP contribution < -0.4 is 0 Å². The third-order valence-corrected chi connectivity index (χ3v) is 8.23. The molecule has 5 heteroatoms. The highest BCUT2D eigenvalue weighted by atomic mass is 14.9. The Morgan fingerprint density at radius 2 is 0.771 bits per heavy atom. The van der Waals surface area contributed by atoms with E-state index in [-0.39, 0.29) is 0 Å². The van der Waals surface area contributed by atoms with E-state index >= 15 is 0 Å². The van der Waals surface area contributed by atoms with Crippen molar-refractivity contribution in [2.75, 3.05) is 0 Å². The number of pyridine rings is 3. The molecule has 4 heterocycles. The maximum Gasteiger partial charge on any atom is 0.160 e. The number of hydrogen-bond acceptors (Lipinski definition) is 5. The molecular formula is C43H29N5. The van der Waals surface area contributed by atoms with Gasteiger partial charge < -0.3 is 0 Å². The highest BCUT2D eigenvalue weighted by molar-refractivity contribution is 5.76. The predicted molar refractivity (Wildman–Crippen MR) is 193 cm³/mol. The zero-order valence-electron chi connectivity index (χ0n) is 26.0. The molecule has 0 bridgehead atoms. The average molecular weight is 616 g/mol. The van der Waals surface area contributed by atoms with Crippen LogP contribution in [0, 0.1) is 0 Å². The van der Waals surface area contributed by atoms with Gasteiger partial charge in [-0.25, -0.2) is 15.0 Å². The van der Waals surface area contributed by atoms with E-state index in [1.54, 1.807) is 6.20 Å². The summed E-state index contributed by atoms with van der Waals surface area (Å²) in [4.78, 5) is 24.3. The first-order valence-corrected chi connectivity index (χ1v) is 15.8. The fourth-order valence-corrected chi connectivity index (χ4v) is 5.72. The molecule has 0 amide bonds. The van der Waals surface area contributed by atoms with E-state index < -0.39 is 0 Å². The average Bonchev–Trinajstić information content (AvgIpc) is 3.19. The SMILES string of the molecule is c1ccc(-c2cc(-c3ccccn3)nc(-c3ccc(-c4ccc(-c5nc(-c6ccccc6)cc(-c6ccccc6)n5)cc4)cn3)c2)cc1. The monoisotopic (exact) mass is 615 g/mol. The lowest BCUT2D eigenvalue weighted by atomic mass is 10.0. The summed E-state index contributed by atoms with van der Waals surface area (Å²) in [5.74, 6) is 0.684. The van der Waals surface area contributed by atoms with Crippen LogP contribution >= 0.6 is 0 Å². The van der Waals surface area contributed by atoms with Gasteiger partial charge in [0.05, 0.1) is 34.2 Å². The van der Waals surface area contributed by atoms with Crippen molar-refractivity contribution in [3.05, 3.63) is 176 Å². The van der Waals surface area contributed by atoms with Crippen LogP contribution in [0.1, 0.15) is 0 Å². The van der Waals surface area contributed by atoms with Gasteiger partial charge in [0.2, 0.25) is 0 Å². The lowest BCUT2D eigenvalue weighted by Crippen LogP contribution is -1.96. The molecule has 0 spiro atoms. The second kappa shape index (κ2) is 13.0. The Hall–Kier alpha value is -6.59. The minimum atomic E-state index is 0.684. The third-order valence-electron chi connectivity index (χ3n) is 8.23. The number of hydrogen-bond donors (Lipinski definition) is 0. The lowest BCUT2D eigenvalue weighted by Gasteiger charge is -2.11. The summed E-state index contributed by atoms with van der Waals surface area (Å²) < 4.78 is 0. The van der Waals surface area contributed by atoms with Crippen molar-refractivity contribution >= 4 is 0 Å². The van der Waals surface area contributed by atoms with Crippen LogP contribution in [0.5, 0.6) is 0 Å². The smallest absolute Gasteiger partial charge is 0.160 e. The van der Waals surface area contributed by atoms with Crippen LogP contribution in [0.15, 0.2) is 176 Å². The second-order valence-electron chi connectivity index (χ2n) is 11.4. The summed E-state index contributed by atoms with van der Waals surface area (Å²) in [6, 6.07) is 55.3. The Bertz CT molecular complexity index is 2010. The van der Waals surface area contributed by atoms with E-state index in [4.69, 9.17) is 19.9 Å². The molecule has 0 saturated carbocycles. The minimum Gasteiger partial charge on any atom is -0.255 e. The lowest BCUT2D eigenvalue weighted by molar-refractivity contribution is 1.18. The van der Waals surface area contributed by atoms with E-state index in [0.29, 0.717) is 5.82 Å². The van der Waals surface area contributed by atoms with E-state index in [1.165, 1.54) is 0 Å². The van der Waals surface area contributed by atoms with Crippen molar-refractivity contribution in [2.45, 2.75) is 0 Å². The zero-order chi connectivity index (χ0) is 32.1. The quantitative estimate of drug-likeness (QED) is 0.178. The number of benzene rings is 4. The molecule has 0 unspecified atom stereocenters. The first-order chi connectivity index (χ1) is 23.8. The van der Waals surface area contributed by atoms with Crippen LogP contribution in [-0.2, 0) is 0 Å². The Labute approximate surface area is 279 Å². The van der Waals surface area contributed by atoms with Crippen molar-refractivity contribution < 1.29 is 0 Å². The Morgan fingerprint density at radius 3 is 1.31 bits per heavy atom. The van der Waals surface area contributed by atoms with Crippen LogP contribution in [0.4, 0.5) is 0 Å². The van der Waals surface area contributed by atoms with Crippen molar-refractivity contribution in [3.63, 3.8) is 0 Å². The van der Waals surface area contributed by atoms with E-state index in [1.807, 2.05) is 85.1 Å². The van der Waals surface area contributed by atoms with Crippen LogP contribution in [0.3, 0.4) is 0 Å². The topological polar surface area (TPSA) is 64.5 Å². The molecule has 0 radical (unpaired) electrons. The number of nitrogens with zero attached hydrogens (tertiary/aromatic N) is 5. The van der Waals surface area contributed by atoms with E-state index in [0.717, 1.165) is 73.1 Å². The number of rotatable bonds is 7. The van der Waals surface area contributed by atoms with Gasteiger partial charge in [-0.1, -0.05) is 127 Å². The van der Waals surface area contributed by atoms with Gasteiger partial charge >= 0.3 is 0 Å². The predicted octanol–water partition coefficient (Wildman–Crippen LogP) is 10.3. The molecule has 8 rings (SSSR count). The summed E-state index contributed by atoms with van der Waals surface area (Å²) in [6.45, 7) is 0. The van der Waals surface area contributed by atoms with Crippen LogP contribution in [-0.4, -0.2) is 24.9 Å². The summed E-state index contributed by atoms with van der Waals surface area (Å²) >= 11 is 0. The molecule has 5 nitrogen and oxygen atoms in total. The summed E-state index contributed by atoms with van der Waals surface area (Å²) in [7, 11) is 0. The van der Waals surface area contributed by atoms with Crippen molar-refractivity contribution in [1.82, 2.24) is 24.9 Å². The van der Waals surface area contributed by atoms with Gasteiger partial charge in [0.1, 0.15) is 0 Å². The zero-order valence-corrected chi connectivity index (χ0v) is 26.0. The minimum absolute atomic E-state index is 0.684. The second-order valence-corrected chi connectivity index (χ2v) is 11.4. The normalized spacial score (nSPS) is 10.9. The Kier molecular flexibility index (Phi) is 7.83. The maximum absolute atomic E-state index is 4.97. The van der Waals surface area contributed by atoms with E-state index in [9.17, 15) is 0 Å². The number of aromatic nitrogens is 5. The molecule has 0 fully saturated rings. The molecule has 226 valence electrons. The Morgan fingerprint density at radius 1 is 0.271 bits per heavy atom. The first-order valence-electron chi connectivity index (χ1n) is 15.8. The summed E-state index contributed by atoms with van der Waals surface area (Å²) in [6.07, 6.45) is 3.69. The molecule has 0 aliphatic carbocycles. The fraction of sp³-hybridized carbons (Fsp3) is 0. The van der Waals surface area contributed by atoms with Crippen LogP contribution in [0.25, 0.3) is 78.9 Å². The highest BCUT2D eigenvalue weighted by Gasteiger charge is 2.13. The van der Waals surface area contributed by atoms with Gasteiger partial charge in [-0.2, -0.15) is 0 Å². The maximum atomic E-state index is 4.97. The van der Waals surface area contributed by atoms with Gasteiger partial charge in [0, 0.05) is 34.6 Å². The van der Waals surface area contributed by atoms with Gasteiger partial charge in [-0.05, 0) is 53.1 Å². The Balaban J connectivity index is 1.11. The standard InChI is InChI=1S/C43H29N5/c1-4-12-30(13-5-1)36-26-41(37-18-10-11-25-44-37)46-42(27-36)38-24-23-35(29-45-38)31-19-21-34(22-20-31)43-47-39(32-14-6-2-7-15-32)28-40(48-43)33-16-8-3-9-17-33/h1-29H. The molecule has 0 saturated heterocycles. The summed E-state index contributed by atoms with van der Waals surface area (Å²) in [5.41, 5.74) is 12.3. The molecular weight excluding hydrogens is 587 g/mol. The van der Waals surface area contributed by atoms with Crippen LogP contribution in [0.2, 0.25) is 0 Å². The molecule has 0 N–H and O–H groups in total. The van der Waals surface area contributed by atoms with Gasteiger partial charge in [0.25, 0.3) is 0 Å². The van der Waals surface area contributed by atoms with Gasteiger partial charge in [0.15, 0.2) is 5.82 Å². The van der Waals surface area contributed by atoms with Gasteiger partial charge in [-0.15, -0.1) is 0 Å². The third kappa shape index (κ3) is 6.13. The molecule has 8 aromatic rings. The molecule has 0 atom stereocenters. The fourth-order valence-electron chi connectivity index (χ4n) is 5.72. The molecule has 0 aliphatic heterocycles. The highest BCUT2D eigenvalue weighted by Crippen LogP contribution is 2.31. The van der Waals surface area contributed by atoms with Crippen molar-refractivity contribution in [1.29, 1.82) is 0 Å². The van der Waals surface area contributed by atoms with Crippen molar-refractivity contribution in [3.8, 4) is 78.9 Å². The van der Waals surface area contributed by atoms with Crippen molar-refractivity contribution in [2.24, 2.45) is 0 Å². The largest absolute Gasteiger partial charge is 0.255 e. The molecule has 4 aromatic carbocycles. The molecule has 4 aromatic heterocycles. The van der Waals surface area contributed by atoms with E-state index in [2.05, 4.69) is 89.9 Å². The van der Waals surface area contributed by atoms with Gasteiger partial charge in [-0.3, -0.25) is 9.97 Å². The molecule has 0 aliphatic rings. The summed E-state index contributed by atoms with van der Waals surface area (Å²) in [5, 5.41) is 0. The first kappa shape index (κ1) is 28.9.